The zero-order valence-corrected chi connectivity index (χ0v) is 10.5. The first-order valence-corrected chi connectivity index (χ1v) is 6.47. The van der Waals surface area contributed by atoms with Crippen molar-refractivity contribution in [3.63, 3.8) is 0 Å². The molecule has 0 aromatic heterocycles. The van der Waals surface area contributed by atoms with Gasteiger partial charge in [0.2, 0.25) is 0 Å². The molecule has 0 amide bonds. The maximum absolute atomic E-state index is 4.00. The van der Waals surface area contributed by atoms with Gasteiger partial charge in [0.05, 0.1) is 0 Å². The van der Waals surface area contributed by atoms with Crippen molar-refractivity contribution < 1.29 is 0 Å². The molecule has 1 atom stereocenters. The van der Waals surface area contributed by atoms with E-state index >= 15 is 0 Å². The third-order valence-corrected chi connectivity index (χ3v) is 3.38. The standard InChI is InChI=1S/C17H20/c1-3-5-9-14(4-2)16-13-8-11-15-10-6-7-12-17(15)16/h4,6-8,10-14H,2-3,5,9H2,1H3. The number of hydrogen-bond acceptors (Lipinski definition) is 0. The van der Waals surface area contributed by atoms with Crippen LogP contribution in [0.3, 0.4) is 0 Å². The van der Waals surface area contributed by atoms with E-state index in [-0.39, 0.29) is 0 Å². The Morgan fingerprint density at radius 3 is 2.65 bits per heavy atom. The molecular formula is C17H20. The summed E-state index contributed by atoms with van der Waals surface area (Å²) in [4.78, 5) is 0. The molecule has 0 aliphatic carbocycles. The second-order valence-corrected chi connectivity index (χ2v) is 4.55. The molecule has 2 aromatic carbocycles. The van der Waals surface area contributed by atoms with E-state index in [0.717, 1.165) is 0 Å². The molecule has 1 unspecified atom stereocenters. The summed E-state index contributed by atoms with van der Waals surface area (Å²) >= 11 is 0. The van der Waals surface area contributed by atoms with Crippen LogP contribution in [0.1, 0.15) is 37.7 Å². The van der Waals surface area contributed by atoms with Crippen LogP contribution in [-0.2, 0) is 0 Å². The minimum atomic E-state index is 0.487. The van der Waals surface area contributed by atoms with Gasteiger partial charge < -0.3 is 0 Å². The highest BCUT2D eigenvalue weighted by Gasteiger charge is 2.09. The van der Waals surface area contributed by atoms with E-state index in [2.05, 4.69) is 62.0 Å². The normalized spacial score (nSPS) is 12.5. The average molecular weight is 224 g/mol. The molecule has 0 bridgehead atoms. The van der Waals surface area contributed by atoms with Crippen LogP contribution in [0.5, 0.6) is 0 Å². The Balaban J connectivity index is 2.42. The van der Waals surface area contributed by atoms with E-state index in [4.69, 9.17) is 0 Å². The van der Waals surface area contributed by atoms with Crippen LogP contribution in [0.4, 0.5) is 0 Å². The number of unbranched alkanes of at least 4 members (excludes halogenated alkanes) is 1. The number of allylic oxidation sites excluding steroid dienone is 1. The van der Waals surface area contributed by atoms with E-state index < -0.39 is 0 Å². The highest BCUT2D eigenvalue weighted by Crippen LogP contribution is 2.29. The van der Waals surface area contributed by atoms with E-state index in [1.165, 1.54) is 35.6 Å². The molecule has 0 aliphatic rings. The largest absolute Gasteiger partial charge is 0.102 e. The van der Waals surface area contributed by atoms with Gasteiger partial charge in [0.15, 0.2) is 0 Å². The van der Waals surface area contributed by atoms with Gasteiger partial charge in [-0.3, -0.25) is 0 Å². The van der Waals surface area contributed by atoms with Crippen LogP contribution in [0.25, 0.3) is 10.8 Å². The van der Waals surface area contributed by atoms with Gasteiger partial charge in [-0.25, -0.2) is 0 Å². The topological polar surface area (TPSA) is 0 Å². The van der Waals surface area contributed by atoms with Crippen LogP contribution in [0.2, 0.25) is 0 Å². The fourth-order valence-corrected chi connectivity index (χ4v) is 2.40. The van der Waals surface area contributed by atoms with Crippen molar-refractivity contribution in [1.82, 2.24) is 0 Å². The molecular weight excluding hydrogens is 204 g/mol. The summed E-state index contributed by atoms with van der Waals surface area (Å²) in [6.07, 6.45) is 5.81. The molecule has 88 valence electrons. The SMILES string of the molecule is C=CC(CCCC)c1cccc2ccccc12. The first-order chi connectivity index (χ1) is 8.36. The summed E-state index contributed by atoms with van der Waals surface area (Å²) in [5, 5.41) is 2.70. The third-order valence-electron chi connectivity index (χ3n) is 3.38. The first-order valence-electron chi connectivity index (χ1n) is 6.47. The van der Waals surface area contributed by atoms with Crippen LogP contribution in [0, 0.1) is 0 Å². The summed E-state index contributed by atoms with van der Waals surface area (Å²) < 4.78 is 0. The molecule has 0 N–H and O–H groups in total. The molecule has 0 heterocycles. The molecule has 2 aromatic rings. The van der Waals surface area contributed by atoms with Gasteiger partial charge in [-0.2, -0.15) is 0 Å². The van der Waals surface area contributed by atoms with Crippen molar-refractivity contribution >= 4 is 10.8 Å². The second kappa shape index (κ2) is 5.67. The quantitative estimate of drug-likeness (QED) is 0.604. The summed E-state index contributed by atoms with van der Waals surface area (Å²) in [6, 6.07) is 15.2. The van der Waals surface area contributed by atoms with Gasteiger partial charge in [-0.05, 0) is 22.8 Å². The molecule has 0 saturated carbocycles. The monoisotopic (exact) mass is 224 g/mol. The van der Waals surface area contributed by atoms with Crippen molar-refractivity contribution in [3.05, 3.63) is 60.7 Å². The van der Waals surface area contributed by atoms with Crippen LogP contribution in [-0.4, -0.2) is 0 Å². The van der Waals surface area contributed by atoms with Gasteiger partial charge in [-0.15, -0.1) is 6.58 Å². The maximum atomic E-state index is 4.00. The Hall–Kier alpha value is -1.56. The number of hydrogen-bond donors (Lipinski definition) is 0. The smallest absolute Gasteiger partial charge is 0.00214 e. The summed E-state index contributed by atoms with van der Waals surface area (Å²) in [5.74, 6) is 0.487. The van der Waals surface area contributed by atoms with E-state index in [1.54, 1.807) is 0 Å². The fraction of sp³-hybridized carbons (Fsp3) is 0.294. The summed E-state index contributed by atoms with van der Waals surface area (Å²) in [6.45, 7) is 6.24. The van der Waals surface area contributed by atoms with Crippen LogP contribution in [0.15, 0.2) is 55.1 Å². The third kappa shape index (κ3) is 2.58. The fourth-order valence-electron chi connectivity index (χ4n) is 2.40. The maximum Gasteiger partial charge on any atom is 0.00214 e. The lowest BCUT2D eigenvalue weighted by atomic mass is 9.90. The van der Waals surface area contributed by atoms with Gasteiger partial charge in [0, 0.05) is 5.92 Å². The van der Waals surface area contributed by atoms with E-state index in [1.807, 2.05) is 0 Å². The van der Waals surface area contributed by atoms with Gasteiger partial charge in [0.1, 0.15) is 0 Å². The lowest BCUT2D eigenvalue weighted by molar-refractivity contribution is 0.667. The molecule has 17 heavy (non-hydrogen) atoms. The highest BCUT2D eigenvalue weighted by atomic mass is 14.1. The highest BCUT2D eigenvalue weighted by molar-refractivity contribution is 5.86. The van der Waals surface area contributed by atoms with Crippen molar-refractivity contribution in [3.8, 4) is 0 Å². The average Bonchev–Trinajstić information content (AvgIpc) is 2.40. The molecule has 2 rings (SSSR count). The van der Waals surface area contributed by atoms with Gasteiger partial charge in [0.25, 0.3) is 0 Å². The Labute approximate surface area is 104 Å². The predicted molar refractivity (Wildman–Crippen MR) is 76.4 cm³/mol. The first kappa shape index (κ1) is 11.9. The second-order valence-electron chi connectivity index (χ2n) is 4.55. The Morgan fingerprint density at radius 2 is 1.88 bits per heavy atom. The lowest BCUT2D eigenvalue weighted by Gasteiger charge is -2.15. The Morgan fingerprint density at radius 1 is 1.12 bits per heavy atom. The predicted octanol–water partition coefficient (Wildman–Crippen LogP) is 5.30. The summed E-state index contributed by atoms with van der Waals surface area (Å²) in [7, 11) is 0. The van der Waals surface area contributed by atoms with Crippen LogP contribution < -0.4 is 0 Å². The van der Waals surface area contributed by atoms with Crippen LogP contribution >= 0.6 is 0 Å². The summed E-state index contributed by atoms with van der Waals surface area (Å²) in [5.41, 5.74) is 1.42. The molecule has 0 aliphatic heterocycles. The van der Waals surface area contributed by atoms with E-state index in [9.17, 15) is 0 Å². The minimum absolute atomic E-state index is 0.487. The molecule has 0 fully saturated rings. The molecule has 0 heteroatoms. The minimum Gasteiger partial charge on any atom is -0.102 e. The lowest BCUT2D eigenvalue weighted by Crippen LogP contribution is -1.96. The van der Waals surface area contributed by atoms with Crippen molar-refractivity contribution in [2.75, 3.05) is 0 Å². The molecule has 0 saturated heterocycles. The van der Waals surface area contributed by atoms with Gasteiger partial charge >= 0.3 is 0 Å². The zero-order chi connectivity index (χ0) is 12.1. The van der Waals surface area contributed by atoms with Crippen molar-refractivity contribution in [2.24, 2.45) is 0 Å². The Bertz CT molecular complexity index is 491. The van der Waals surface area contributed by atoms with Crippen molar-refractivity contribution in [1.29, 1.82) is 0 Å². The number of rotatable bonds is 5. The van der Waals surface area contributed by atoms with E-state index in [0.29, 0.717) is 5.92 Å². The Kier molecular flexibility index (Phi) is 3.98. The molecule has 0 nitrogen and oxygen atoms in total. The number of fused-ring (bicyclic) bond motifs is 1. The van der Waals surface area contributed by atoms with Crippen molar-refractivity contribution in [2.45, 2.75) is 32.1 Å². The van der Waals surface area contributed by atoms with Gasteiger partial charge in [-0.1, -0.05) is 68.3 Å². The molecule has 0 radical (unpaired) electrons. The molecule has 0 spiro atoms. The zero-order valence-electron chi connectivity index (χ0n) is 10.5. The number of benzene rings is 2.